The molecule has 1 aliphatic carbocycles. The minimum Gasteiger partial charge on any atom is -0.341 e. The van der Waals surface area contributed by atoms with E-state index in [0.717, 1.165) is 24.8 Å². The zero-order valence-corrected chi connectivity index (χ0v) is 12.1. The molecule has 2 aromatic rings. The van der Waals surface area contributed by atoms with Crippen molar-refractivity contribution in [3.05, 3.63) is 58.7 Å². The van der Waals surface area contributed by atoms with E-state index in [0.29, 0.717) is 0 Å². The Labute approximate surface area is 119 Å². The fourth-order valence-electron chi connectivity index (χ4n) is 3.39. The topological polar surface area (TPSA) is 30.9 Å². The molecule has 20 heavy (non-hydrogen) atoms. The third-order valence-corrected chi connectivity index (χ3v) is 4.44. The summed E-state index contributed by atoms with van der Waals surface area (Å²) in [7, 11) is 0. The Morgan fingerprint density at radius 2 is 2.00 bits per heavy atom. The van der Waals surface area contributed by atoms with Crippen molar-refractivity contribution in [2.45, 2.75) is 45.2 Å². The number of rotatable bonds is 2. The lowest BCUT2D eigenvalue weighted by Crippen LogP contribution is -2.20. The van der Waals surface area contributed by atoms with Gasteiger partial charge in [0.1, 0.15) is 5.82 Å². The van der Waals surface area contributed by atoms with Gasteiger partial charge in [-0.25, -0.2) is 4.39 Å². The second-order valence-corrected chi connectivity index (χ2v) is 5.78. The van der Waals surface area contributed by atoms with Gasteiger partial charge in [-0.1, -0.05) is 12.1 Å². The monoisotopic (exact) mass is 272 g/mol. The molecule has 3 heteroatoms. The summed E-state index contributed by atoms with van der Waals surface area (Å²) in [6, 6.07) is 9.40. The lowest BCUT2D eigenvalue weighted by atomic mass is 9.93. The van der Waals surface area contributed by atoms with Gasteiger partial charge in [-0.2, -0.15) is 0 Å². The molecule has 0 fully saturated rings. The van der Waals surface area contributed by atoms with Crippen LogP contribution in [0.4, 0.5) is 4.39 Å². The van der Waals surface area contributed by atoms with Gasteiger partial charge in [-0.3, -0.25) is 0 Å². The Bertz CT molecular complexity index is 613. The average molecular weight is 272 g/mol. The minimum absolute atomic E-state index is 0.166. The van der Waals surface area contributed by atoms with Gasteiger partial charge in [-0.05, 0) is 62.4 Å². The van der Waals surface area contributed by atoms with Crippen LogP contribution in [-0.4, -0.2) is 4.57 Å². The van der Waals surface area contributed by atoms with Crippen LogP contribution < -0.4 is 5.73 Å². The van der Waals surface area contributed by atoms with Crippen LogP contribution >= 0.6 is 0 Å². The zero-order chi connectivity index (χ0) is 14.3. The highest BCUT2D eigenvalue weighted by Crippen LogP contribution is 2.34. The van der Waals surface area contributed by atoms with Crippen LogP contribution in [0.2, 0.25) is 0 Å². The van der Waals surface area contributed by atoms with E-state index >= 15 is 0 Å². The third-order valence-electron chi connectivity index (χ3n) is 4.44. The largest absolute Gasteiger partial charge is 0.341 e. The van der Waals surface area contributed by atoms with Crippen LogP contribution in [0, 0.1) is 12.7 Å². The number of fused-ring (bicyclic) bond motifs is 1. The van der Waals surface area contributed by atoms with E-state index in [1.165, 1.54) is 29.1 Å². The van der Waals surface area contributed by atoms with Crippen LogP contribution in [0.15, 0.2) is 30.3 Å². The molecule has 1 aliphatic rings. The van der Waals surface area contributed by atoms with E-state index in [1.807, 2.05) is 12.1 Å². The summed E-state index contributed by atoms with van der Waals surface area (Å²) >= 11 is 0. The Hall–Kier alpha value is -1.61. The molecule has 2 N–H and O–H groups in total. The fraction of sp³-hybridized carbons (Fsp3) is 0.412. The highest BCUT2D eigenvalue weighted by atomic mass is 19.1. The van der Waals surface area contributed by atoms with Crippen molar-refractivity contribution in [2.24, 2.45) is 5.73 Å². The number of benzene rings is 1. The standard InChI is InChI=1S/C17H21FN2/c1-11-10-15-16(19)4-3-5-17(15)20(11)12(2)13-6-8-14(18)9-7-13/h6-10,12,16H,3-5,19H2,1-2H3. The number of aromatic nitrogens is 1. The number of halogens is 1. The summed E-state index contributed by atoms with van der Waals surface area (Å²) in [4.78, 5) is 0. The summed E-state index contributed by atoms with van der Waals surface area (Å²) in [5.41, 5.74) is 11.2. The van der Waals surface area contributed by atoms with Crippen molar-refractivity contribution in [3.8, 4) is 0 Å². The van der Waals surface area contributed by atoms with Crippen molar-refractivity contribution < 1.29 is 4.39 Å². The quantitative estimate of drug-likeness (QED) is 0.883. The number of nitrogens with zero attached hydrogens (tertiary/aromatic N) is 1. The molecule has 0 saturated heterocycles. The van der Waals surface area contributed by atoms with E-state index in [-0.39, 0.29) is 17.9 Å². The molecule has 0 amide bonds. The number of hydrogen-bond acceptors (Lipinski definition) is 1. The van der Waals surface area contributed by atoms with Gasteiger partial charge in [0.2, 0.25) is 0 Å². The van der Waals surface area contributed by atoms with Gasteiger partial charge in [0, 0.05) is 17.4 Å². The molecule has 1 aromatic heterocycles. The van der Waals surface area contributed by atoms with E-state index in [9.17, 15) is 4.39 Å². The van der Waals surface area contributed by atoms with Crippen LogP contribution in [0.3, 0.4) is 0 Å². The van der Waals surface area contributed by atoms with Crippen molar-refractivity contribution in [3.63, 3.8) is 0 Å². The first kappa shape index (κ1) is 13.4. The molecule has 1 heterocycles. The maximum atomic E-state index is 13.1. The number of aryl methyl sites for hydroxylation is 1. The van der Waals surface area contributed by atoms with Crippen LogP contribution in [0.1, 0.15) is 54.4 Å². The van der Waals surface area contributed by atoms with Gasteiger partial charge < -0.3 is 10.3 Å². The van der Waals surface area contributed by atoms with Gasteiger partial charge in [0.05, 0.1) is 6.04 Å². The Balaban J connectivity index is 2.03. The molecule has 0 bridgehead atoms. The van der Waals surface area contributed by atoms with E-state index in [2.05, 4.69) is 24.5 Å². The van der Waals surface area contributed by atoms with Crippen molar-refractivity contribution in [1.29, 1.82) is 0 Å². The molecular formula is C17H21FN2. The van der Waals surface area contributed by atoms with Crippen LogP contribution in [0.5, 0.6) is 0 Å². The Morgan fingerprint density at radius 3 is 2.70 bits per heavy atom. The fourth-order valence-corrected chi connectivity index (χ4v) is 3.39. The van der Waals surface area contributed by atoms with Gasteiger partial charge in [0.25, 0.3) is 0 Å². The first-order valence-corrected chi connectivity index (χ1v) is 7.29. The van der Waals surface area contributed by atoms with Crippen LogP contribution in [0.25, 0.3) is 0 Å². The molecule has 2 unspecified atom stereocenters. The Morgan fingerprint density at radius 1 is 1.30 bits per heavy atom. The molecule has 2 atom stereocenters. The summed E-state index contributed by atoms with van der Waals surface area (Å²) in [5, 5.41) is 0. The highest BCUT2D eigenvalue weighted by Gasteiger charge is 2.24. The van der Waals surface area contributed by atoms with Gasteiger partial charge in [0.15, 0.2) is 0 Å². The molecule has 0 aliphatic heterocycles. The van der Waals surface area contributed by atoms with E-state index < -0.39 is 0 Å². The summed E-state index contributed by atoms with van der Waals surface area (Å²) < 4.78 is 15.4. The Kier molecular flexibility index (Phi) is 3.38. The van der Waals surface area contributed by atoms with Gasteiger partial charge >= 0.3 is 0 Å². The van der Waals surface area contributed by atoms with Crippen LogP contribution in [-0.2, 0) is 6.42 Å². The average Bonchev–Trinajstić information content (AvgIpc) is 2.77. The SMILES string of the molecule is Cc1cc2c(n1C(C)c1ccc(F)cc1)CCCC2N. The molecule has 0 saturated carbocycles. The second-order valence-electron chi connectivity index (χ2n) is 5.78. The summed E-state index contributed by atoms with van der Waals surface area (Å²) in [6.45, 7) is 4.30. The molecule has 3 rings (SSSR count). The smallest absolute Gasteiger partial charge is 0.123 e. The summed E-state index contributed by atoms with van der Waals surface area (Å²) in [5.74, 6) is -0.186. The van der Waals surface area contributed by atoms with Gasteiger partial charge in [-0.15, -0.1) is 0 Å². The lowest BCUT2D eigenvalue weighted by molar-refractivity contribution is 0.521. The molecular weight excluding hydrogens is 251 g/mol. The lowest BCUT2D eigenvalue weighted by Gasteiger charge is -2.25. The van der Waals surface area contributed by atoms with Crippen molar-refractivity contribution in [1.82, 2.24) is 4.57 Å². The normalized spacial score (nSPS) is 19.7. The first-order valence-electron chi connectivity index (χ1n) is 7.29. The molecule has 1 aromatic carbocycles. The number of hydrogen-bond donors (Lipinski definition) is 1. The number of nitrogens with two attached hydrogens (primary N) is 1. The van der Waals surface area contributed by atoms with Crippen molar-refractivity contribution >= 4 is 0 Å². The minimum atomic E-state index is -0.186. The predicted molar refractivity (Wildman–Crippen MR) is 79.2 cm³/mol. The maximum absolute atomic E-state index is 13.1. The maximum Gasteiger partial charge on any atom is 0.123 e. The molecule has 2 nitrogen and oxygen atoms in total. The second kappa shape index (κ2) is 5.06. The zero-order valence-electron chi connectivity index (χ0n) is 12.1. The molecule has 0 radical (unpaired) electrons. The first-order chi connectivity index (χ1) is 9.58. The molecule has 106 valence electrons. The highest BCUT2D eigenvalue weighted by molar-refractivity contribution is 5.35. The third kappa shape index (κ3) is 2.16. The summed E-state index contributed by atoms with van der Waals surface area (Å²) in [6.07, 6.45) is 3.30. The van der Waals surface area contributed by atoms with Crippen molar-refractivity contribution in [2.75, 3.05) is 0 Å². The van der Waals surface area contributed by atoms with E-state index in [4.69, 9.17) is 5.73 Å². The predicted octanol–water partition coefficient (Wildman–Crippen LogP) is 3.88. The molecule has 0 spiro atoms. The van der Waals surface area contributed by atoms with E-state index in [1.54, 1.807) is 0 Å².